The maximum absolute atomic E-state index is 12.5. The van der Waals surface area contributed by atoms with Crippen molar-refractivity contribution >= 4 is 27.5 Å². The number of aromatic amines is 1. The average molecular weight is 432 g/mol. The van der Waals surface area contributed by atoms with Crippen LogP contribution in [0.4, 0.5) is 0 Å². The van der Waals surface area contributed by atoms with Crippen molar-refractivity contribution in [3.8, 4) is 11.5 Å². The monoisotopic (exact) mass is 431 g/mol. The molecular weight excluding hydrogens is 406 g/mol. The smallest absolute Gasteiger partial charge is 0.329 e. The zero-order valence-corrected chi connectivity index (χ0v) is 18.1. The molecule has 1 amide bonds. The lowest BCUT2D eigenvalue weighted by Crippen LogP contribution is -2.40. The molecule has 0 saturated carbocycles. The van der Waals surface area contributed by atoms with E-state index in [1.165, 1.54) is 11.3 Å². The molecule has 3 rings (SSSR count). The number of hydrogen-bond acceptors (Lipinski definition) is 6. The van der Waals surface area contributed by atoms with Gasteiger partial charge in [0.05, 0.1) is 18.6 Å². The fraction of sp³-hybridized carbons (Fsp3) is 0.381. The van der Waals surface area contributed by atoms with Gasteiger partial charge in [-0.25, -0.2) is 4.79 Å². The molecule has 0 fully saturated rings. The summed E-state index contributed by atoms with van der Waals surface area (Å²) in [5.41, 5.74) is -0.0640. The van der Waals surface area contributed by atoms with Gasteiger partial charge in [-0.05, 0) is 51.0 Å². The maximum atomic E-state index is 12.5. The normalized spacial score (nSPS) is 10.9. The van der Waals surface area contributed by atoms with Crippen molar-refractivity contribution in [3.05, 3.63) is 55.5 Å². The first-order valence-corrected chi connectivity index (χ1v) is 10.6. The number of nitrogens with zero attached hydrogens (tertiary/aromatic N) is 1. The average Bonchev–Trinajstić information content (AvgIpc) is 3.08. The molecule has 160 valence electrons. The largest absolute Gasteiger partial charge is 0.490 e. The number of hydrogen-bond donors (Lipinski definition) is 2. The highest BCUT2D eigenvalue weighted by Gasteiger charge is 2.13. The zero-order valence-electron chi connectivity index (χ0n) is 17.2. The van der Waals surface area contributed by atoms with E-state index >= 15 is 0 Å². The number of thiophene rings is 1. The molecule has 0 radical (unpaired) electrons. The highest BCUT2D eigenvalue weighted by atomic mass is 32.1. The van der Waals surface area contributed by atoms with Gasteiger partial charge >= 0.3 is 5.69 Å². The van der Waals surface area contributed by atoms with Crippen LogP contribution in [-0.2, 0) is 17.8 Å². The minimum Gasteiger partial charge on any atom is -0.490 e. The number of aromatic nitrogens is 2. The summed E-state index contributed by atoms with van der Waals surface area (Å²) in [6, 6.07) is 7.38. The minimum absolute atomic E-state index is 0.327. The van der Waals surface area contributed by atoms with Crippen molar-refractivity contribution in [3.63, 3.8) is 0 Å². The van der Waals surface area contributed by atoms with Gasteiger partial charge in [-0.3, -0.25) is 19.1 Å². The third-order valence-electron chi connectivity index (χ3n) is 4.44. The molecule has 0 aliphatic carbocycles. The molecule has 0 unspecified atom stereocenters. The van der Waals surface area contributed by atoms with Gasteiger partial charge in [0.25, 0.3) is 5.56 Å². The molecule has 9 heteroatoms. The summed E-state index contributed by atoms with van der Waals surface area (Å²) in [5, 5.41) is 3.18. The van der Waals surface area contributed by atoms with Gasteiger partial charge in [-0.2, -0.15) is 0 Å². The number of H-pyrrole nitrogens is 1. The SMILES string of the molecule is CCOc1ccc(CCNC(=O)Cn2c(=O)[nH]c3sc(C)cc3c2=O)cc1OCC. The Balaban J connectivity index is 1.63. The number of aryl methyl sites for hydroxylation is 1. The van der Waals surface area contributed by atoms with Crippen molar-refractivity contribution in [2.75, 3.05) is 19.8 Å². The van der Waals surface area contributed by atoms with Crippen LogP contribution < -0.4 is 26.0 Å². The molecule has 30 heavy (non-hydrogen) atoms. The Morgan fingerprint density at radius 2 is 1.87 bits per heavy atom. The molecule has 8 nitrogen and oxygen atoms in total. The van der Waals surface area contributed by atoms with E-state index < -0.39 is 17.2 Å². The molecule has 2 aromatic heterocycles. The summed E-state index contributed by atoms with van der Waals surface area (Å²) >= 11 is 1.34. The van der Waals surface area contributed by atoms with Crippen molar-refractivity contribution in [2.45, 2.75) is 33.7 Å². The maximum Gasteiger partial charge on any atom is 0.329 e. The lowest BCUT2D eigenvalue weighted by molar-refractivity contribution is -0.121. The molecule has 0 spiro atoms. The highest BCUT2D eigenvalue weighted by Crippen LogP contribution is 2.28. The van der Waals surface area contributed by atoms with Gasteiger partial charge in [0, 0.05) is 11.4 Å². The second-order valence-corrected chi connectivity index (χ2v) is 7.92. The topological polar surface area (TPSA) is 102 Å². The van der Waals surface area contributed by atoms with E-state index in [4.69, 9.17) is 9.47 Å². The Morgan fingerprint density at radius 3 is 2.60 bits per heavy atom. The molecule has 0 atom stereocenters. The number of carbonyl (C=O) groups is 1. The van der Waals surface area contributed by atoms with Crippen LogP contribution in [0, 0.1) is 6.92 Å². The van der Waals surface area contributed by atoms with Crippen LogP contribution in [0.2, 0.25) is 0 Å². The number of benzene rings is 1. The third-order valence-corrected chi connectivity index (χ3v) is 5.41. The summed E-state index contributed by atoms with van der Waals surface area (Å²) in [6.45, 7) is 6.78. The van der Waals surface area contributed by atoms with Gasteiger partial charge in [-0.15, -0.1) is 11.3 Å². The molecule has 0 bridgehead atoms. The molecule has 2 heterocycles. The second-order valence-electron chi connectivity index (χ2n) is 6.67. The molecule has 1 aromatic carbocycles. The van der Waals surface area contributed by atoms with E-state index in [0.29, 0.717) is 47.9 Å². The van der Waals surface area contributed by atoms with Crippen LogP contribution in [0.1, 0.15) is 24.3 Å². The molecule has 0 aliphatic heterocycles. The van der Waals surface area contributed by atoms with Gasteiger partial charge < -0.3 is 14.8 Å². The quantitative estimate of drug-likeness (QED) is 0.541. The summed E-state index contributed by atoms with van der Waals surface area (Å²) < 4.78 is 12.1. The molecular formula is C21H25N3O5S. The molecule has 0 saturated heterocycles. The van der Waals surface area contributed by atoms with Gasteiger partial charge in [0.2, 0.25) is 5.91 Å². The van der Waals surface area contributed by atoms with E-state index in [1.54, 1.807) is 6.07 Å². The Bertz CT molecular complexity index is 1160. The third kappa shape index (κ3) is 4.91. The van der Waals surface area contributed by atoms with Gasteiger partial charge in [0.1, 0.15) is 11.4 Å². The summed E-state index contributed by atoms with van der Waals surface area (Å²) in [4.78, 5) is 41.1. The Labute approximate surface area is 177 Å². The van der Waals surface area contributed by atoms with Crippen molar-refractivity contribution < 1.29 is 14.3 Å². The number of nitrogens with one attached hydrogen (secondary N) is 2. The fourth-order valence-electron chi connectivity index (χ4n) is 3.11. The number of ether oxygens (including phenoxy) is 2. The Hall–Kier alpha value is -3.07. The molecule has 2 N–H and O–H groups in total. The van der Waals surface area contributed by atoms with E-state index in [9.17, 15) is 14.4 Å². The molecule has 3 aromatic rings. The van der Waals surface area contributed by atoms with E-state index in [2.05, 4.69) is 10.3 Å². The first kappa shape index (κ1) is 21.6. The minimum atomic E-state index is -0.586. The summed E-state index contributed by atoms with van der Waals surface area (Å²) in [6.07, 6.45) is 0.576. The number of carbonyl (C=O) groups excluding carboxylic acids is 1. The van der Waals surface area contributed by atoms with Crippen LogP contribution in [-0.4, -0.2) is 35.2 Å². The van der Waals surface area contributed by atoms with Crippen LogP contribution in [0.15, 0.2) is 33.9 Å². The van der Waals surface area contributed by atoms with Gasteiger partial charge in [-0.1, -0.05) is 6.07 Å². The van der Waals surface area contributed by atoms with Crippen molar-refractivity contribution in [1.82, 2.24) is 14.9 Å². The van der Waals surface area contributed by atoms with Crippen LogP contribution in [0.5, 0.6) is 11.5 Å². The van der Waals surface area contributed by atoms with Gasteiger partial charge in [0.15, 0.2) is 11.5 Å². The number of amides is 1. The zero-order chi connectivity index (χ0) is 21.7. The van der Waals surface area contributed by atoms with Crippen molar-refractivity contribution in [2.24, 2.45) is 0 Å². The number of rotatable bonds is 9. The summed E-state index contributed by atoms with van der Waals surface area (Å²) in [5.74, 6) is 0.954. The van der Waals surface area contributed by atoms with Crippen LogP contribution in [0.3, 0.4) is 0 Å². The first-order chi connectivity index (χ1) is 14.4. The van der Waals surface area contributed by atoms with E-state index in [1.807, 2.05) is 39.0 Å². The highest BCUT2D eigenvalue weighted by molar-refractivity contribution is 7.18. The lowest BCUT2D eigenvalue weighted by atomic mass is 10.1. The summed E-state index contributed by atoms with van der Waals surface area (Å²) in [7, 11) is 0. The van der Waals surface area contributed by atoms with Crippen LogP contribution >= 0.6 is 11.3 Å². The Kier molecular flexibility index (Phi) is 6.94. The predicted molar refractivity (Wildman–Crippen MR) is 117 cm³/mol. The van der Waals surface area contributed by atoms with E-state index in [0.717, 1.165) is 15.0 Å². The predicted octanol–water partition coefficient (Wildman–Crippen LogP) is 2.22. The lowest BCUT2D eigenvalue weighted by Gasteiger charge is -2.12. The van der Waals surface area contributed by atoms with E-state index in [-0.39, 0.29) is 6.54 Å². The second kappa shape index (κ2) is 9.62. The fourth-order valence-corrected chi connectivity index (χ4v) is 4.00. The first-order valence-electron chi connectivity index (χ1n) is 9.81. The Morgan fingerprint density at radius 1 is 1.13 bits per heavy atom. The van der Waals surface area contributed by atoms with Crippen molar-refractivity contribution in [1.29, 1.82) is 0 Å². The number of fused-ring (bicyclic) bond motifs is 1. The standard InChI is InChI=1S/C21H25N3O5S/c1-4-28-16-7-6-14(11-17(16)29-5-2)8-9-22-18(25)12-24-20(26)15-10-13(3)30-19(15)23-21(24)27/h6-7,10-11H,4-5,8-9,12H2,1-3H3,(H,22,25)(H,23,27). The van der Waals surface area contributed by atoms with Crippen LogP contribution in [0.25, 0.3) is 10.2 Å². The molecule has 0 aliphatic rings.